The SMILES string of the molecule is N#C/C(=C/Nc1ccc(Cl)c(C(F)(F)F)c1)C(=O)NCc1cccnc1. The summed E-state index contributed by atoms with van der Waals surface area (Å²) in [6.45, 7) is 0.158. The molecule has 1 heterocycles. The van der Waals surface area contributed by atoms with E-state index in [1.54, 1.807) is 30.6 Å². The summed E-state index contributed by atoms with van der Waals surface area (Å²) in [5, 5.41) is 13.6. The number of aromatic nitrogens is 1. The Morgan fingerprint density at radius 2 is 2.12 bits per heavy atom. The summed E-state index contributed by atoms with van der Waals surface area (Å²) in [4.78, 5) is 15.9. The molecule has 0 radical (unpaired) electrons. The second kappa shape index (κ2) is 8.36. The number of anilines is 1. The van der Waals surface area contributed by atoms with E-state index in [0.29, 0.717) is 0 Å². The van der Waals surface area contributed by atoms with Crippen molar-refractivity contribution in [1.82, 2.24) is 10.3 Å². The third kappa shape index (κ3) is 5.22. The second-order valence-electron chi connectivity index (χ2n) is 5.05. The van der Waals surface area contributed by atoms with E-state index >= 15 is 0 Å². The van der Waals surface area contributed by atoms with Crippen LogP contribution in [0.5, 0.6) is 0 Å². The minimum Gasteiger partial charge on any atom is -0.360 e. The first-order chi connectivity index (χ1) is 12.3. The van der Waals surface area contributed by atoms with Crippen LogP contribution in [-0.2, 0) is 17.5 Å². The predicted octanol–water partition coefficient (Wildman–Crippen LogP) is 3.89. The van der Waals surface area contributed by atoms with Crippen LogP contribution in [0.4, 0.5) is 18.9 Å². The van der Waals surface area contributed by atoms with Crippen molar-refractivity contribution in [2.75, 3.05) is 5.32 Å². The van der Waals surface area contributed by atoms with Crippen LogP contribution in [0.15, 0.2) is 54.5 Å². The van der Waals surface area contributed by atoms with Crippen molar-refractivity contribution >= 4 is 23.2 Å². The van der Waals surface area contributed by atoms with Gasteiger partial charge in [0.15, 0.2) is 0 Å². The Kier molecular flexibility index (Phi) is 6.20. The Labute approximate surface area is 152 Å². The highest BCUT2D eigenvalue weighted by Gasteiger charge is 2.33. The number of benzene rings is 1. The van der Waals surface area contributed by atoms with Crippen molar-refractivity contribution in [3.05, 3.63) is 70.6 Å². The van der Waals surface area contributed by atoms with Crippen molar-refractivity contribution in [1.29, 1.82) is 5.26 Å². The monoisotopic (exact) mass is 380 g/mol. The third-order valence-corrected chi connectivity index (χ3v) is 3.53. The fourth-order valence-electron chi connectivity index (χ4n) is 1.92. The van der Waals surface area contributed by atoms with Gasteiger partial charge in [-0.05, 0) is 29.8 Å². The van der Waals surface area contributed by atoms with Gasteiger partial charge >= 0.3 is 6.18 Å². The minimum atomic E-state index is -4.61. The number of pyridine rings is 1. The number of amides is 1. The Bertz CT molecular complexity index is 861. The molecule has 0 aliphatic carbocycles. The molecule has 5 nitrogen and oxygen atoms in total. The molecular formula is C17H12ClF3N4O. The summed E-state index contributed by atoms with van der Waals surface area (Å²) >= 11 is 5.54. The van der Waals surface area contributed by atoms with Gasteiger partial charge in [-0.15, -0.1) is 0 Å². The first-order valence-electron chi connectivity index (χ1n) is 7.22. The lowest BCUT2D eigenvalue weighted by Crippen LogP contribution is -2.24. The van der Waals surface area contributed by atoms with Gasteiger partial charge in [-0.3, -0.25) is 9.78 Å². The zero-order valence-corrected chi connectivity index (χ0v) is 13.9. The van der Waals surface area contributed by atoms with Crippen LogP contribution in [0, 0.1) is 11.3 Å². The van der Waals surface area contributed by atoms with Crippen molar-refractivity contribution in [2.45, 2.75) is 12.7 Å². The highest BCUT2D eigenvalue weighted by molar-refractivity contribution is 6.31. The fraction of sp³-hybridized carbons (Fsp3) is 0.118. The lowest BCUT2D eigenvalue weighted by Gasteiger charge is -2.11. The molecule has 0 saturated heterocycles. The van der Waals surface area contributed by atoms with Crippen LogP contribution in [0.2, 0.25) is 5.02 Å². The van der Waals surface area contributed by atoms with Gasteiger partial charge in [-0.2, -0.15) is 18.4 Å². The van der Waals surface area contributed by atoms with Crippen molar-refractivity contribution in [3.63, 3.8) is 0 Å². The largest absolute Gasteiger partial charge is 0.417 e. The predicted molar refractivity (Wildman–Crippen MR) is 89.9 cm³/mol. The smallest absolute Gasteiger partial charge is 0.360 e. The van der Waals surface area contributed by atoms with Gasteiger partial charge in [0.2, 0.25) is 0 Å². The highest BCUT2D eigenvalue weighted by Crippen LogP contribution is 2.36. The minimum absolute atomic E-state index is 0.0366. The van der Waals surface area contributed by atoms with Crippen LogP contribution in [-0.4, -0.2) is 10.9 Å². The van der Waals surface area contributed by atoms with Gasteiger partial charge in [0, 0.05) is 30.8 Å². The maximum Gasteiger partial charge on any atom is 0.417 e. The van der Waals surface area contributed by atoms with Gasteiger partial charge in [0.1, 0.15) is 11.6 Å². The number of nitrogens with zero attached hydrogens (tertiary/aromatic N) is 2. The van der Waals surface area contributed by atoms with E-state index in [1.165, 1.54) is 6.07 Å². The summed E-state index contributed by atoms with van der Waals surface area (Å²) in [6, 6.07) is 8.30. The summed E-state index contributed by atoms with van der Waals surface area (Å²) in [7, 11) is 0. The Hall–Kier alpha value is -3.05. The fourth-order valence-corrected chi connectivity index (χ4v) is 2.14. The molecule has 0 saturated carbocycles. The van der Waals surface area contributed by atoms with Gasteiger partial charge < -0.3 is 10.6 Å². The molecule has 0 aliphatic heterocycles. The molecule has 1 aromatic heterocycles. The highest BCUT2D eigenvalue weighted by atomic mass is 35.5. The van der Waals surface area contributed by atoms with E-state index in [2.05, 4.69) is 15.6 Å². The summed E-state index contributed by atoms with van der Waals surface area (Å²) in [5.74, 6) is -0.672. The van der Waals surface area contributed by atoms with E-state index in [1.807, 2.05) is 0 Å². The Morgan fingerprint density at radius 1 is 1.35 bits per heavy atom. The molecule has 1 aromatic carbocycles. The zero-order valence-electron chi connectivity index (χ0n) is 13.1. The summed E-state index contributed by atoms with van der Waals surface area (Å²) < 4.78 is 38.5. The van der Waals surface area contributed by atoms with Crippen molar-refractivity contribution < 1.29 is 18.0 Å². The molecule has 0 fully saturated rings. The first-order valence-corrected chi connectivity index (χ1v) is 7.59. The number of hydrogen-bond acceptors (Lipinski definition) is 4. The lowest BCUT2D eigenvalue weighted by molar-refractivity contribution is -0.137. The normalized spacial score (nSPS) is 11.6. The molecule has 2 rings (SSSR count). The molecular weight excluding hydrogens is 369 g/mol. The molecule has 0 atom stereocenters. The number of carbonyl (C=O) groups is 1. The first kappa shape index (κ1) is 19.3. The number of nitriles is 1. The van der Waals surface area contributed by atoms with Crippen molar-refractivity contribution in [2.24, 2.45) is 0 Å². The van der Waals surface area contributed by atoms with Gasteiger partial charge in [0.25, 0.3) is 5.91 Å². The molecule has 134 valence electrons. The van der Waals surface area contributed by atoms with E-state index in [4.69, 9.17) is 16.9 Å². The zero-order chi connectivity index (χ0) is 19.2. The van der Waals surface area contributed by atoms with Crippen LogP contribution < -0.4 is 10.6 Å². The average molecular weight is 381 g/mol. The Morgan fingerprint density at radius 3 is 2.73 bits per heavy atom. The maximum atomic E-state index is 12.8. The molecule has 0 unspecified atom stereocenters. The average Bonchev–Trinajstić information content (AvgIpc) is 2.61. The number of hydrogen-bond donors (Lipinski definition) is 2. The van der Waals surface area contributed by atoms with Gasteiger partial charge in [0.05, 0.1) is 10.6 Å². The van der Waals surface area contributed by atoms with E-state index in [0.717, 1.165) is 23.9 Å². The van der Waals surface area contributed by atoms with Crippen LogP contribution >= 0.6 is 11.6 Å². The van der Waals surface area contributed by atoms with E-state index in [9.17, 15) is 18.0 Å². The summed E-state index contributed by atoms with van der Waals surface area (Å²) in [5.41, 5.74) is -0.539. The molecule has 0 bridgehead atoms. The second-order valence-corrected chi connectivity index (χ2v) is 5.46. The van der Waals surface area contributed by atoms with Crippen LogP contribution in [0.25, 0.3) is 0 Å². The maximum absolute atomic E-state index is 12.8. The standard InChI is InChI=1S/C17H12ClF3N4O/c18-15-4-3-13(6-14(15)17(19,20)21)24-10-12(7-22)16(26)25-9-11-2-1-5-23-8-11/h1-6,8,10,24H,9H2,(H,25,26)/b12-10-. The van der Waals surface area contributed by atoms with Gasteiger partial charge in [-0.1, -0.05) is 17.7 Å². The van der Waals surface area contributed by atoms with E-state index < -0.39 is 22.7 Å². The topological polar surface area (TPSA) is 77.8 Å². The van der Waals surface area contributed by atoms with Crippen LogP contribution in [0.3, 0.4) is 0 Å². The molecule has 1 amide bonds. The molecule has 0 aliphatic rings. The lowest BCUT2D eigenvalue weighted by atomic mass is 10.2. The number of rotatable bonds is 5. The molecule has 0 spiro atoms. The third-order valence-electron chi connectivity index (χ3n) is 3.20. The summed E-state index contributed by atoms with van der Waals surface area (Å²) in [6.07, 6.45) is -0.447. The number of alkyl halides is 3. The number of nitrogens with one attached hydrogen (secondary N) is 2. The quantitative estimate of drug-likeness (QED) is 0.609. The van der Waals surface area contributed by atoms with E-state index in [-0.39, 0.29) is 17.8 Å². The number of halogens is 4. The molecule has 9 heteroatoms. The van der Waals surface area contributed by atoms with Crippen molar-refractivity contribution in [3.8, 4) is 6.07 Å². The van der Waals surface area contributed by atoms with Gasteiger partial charge in [-0.25, -0.2) is 0 Å². The van der Waals surface area contributed by atoms with Crippen LogP contribution in [0.1, 0.15) is 11.1 Å². The molecule has 2 N–H and O–H groups in total. The number of carbonyl (C=O) groups excluding carboxylic acids is 1. The molecule has 26 heavy (non-hydrogen) atoms. The molecule has 2 aromatic rings. The Balaban J connectivity index is 2.07.